The van der Waals surface area contributed by atoms with Crippen molar-refractivity contribution in [2.45, 2.75) is 82.9 Å². The quantitative estimate of drug-likeness (QED) is 0.829. The van der Waals surface area contributed by atoms with Gasteiger partial charge in [-0.2, -0.15) is 0 Å². The molecule has 4 unspecified atom stereocenters. The molecule has 2 N–H and O–H groups in total. The van der Waals surface area contributed by atoms with Crippen LogP contribution in [0, 0.1) is 5.92 Å². The van der Waals surface area contributed by atoms with Gasteiger partial charge in [0.05, 0.1) is 5.60 Å². The maximum atomic E-state index is 12.7. The first-order valence-electron chi connectivity index (χ1n) is 10.00. The number of likely N-dealkylation sites (tertiary alicyclic amines) is 2. The highest BCUT2D eigenvalue weighted by Gasteiger charge is 2.44. The second-order valence-corrected chi connectivity index (χ2v) is 8.37. The Morgan fingerprint density at radius 2 is 1.96 bits per heavy atom. The monoisotopic (exact) mass is 337 g/mol. The zero-order chi connectivity index (χ0) is 17.2. The number of nitrogens with zero attached hydrogens (tertiary/aromatic N) is 2. The molecule has 0 bridgehead atoms. The van der Waals surface area contributed by atoms with Crippen molar-refractivity contribution in [3.8, 4) is 0 Å². The lowest BCUT2D eigenvalue weighted by Gasteiger charge is -2.43. The van der Waals surface area contributed by atoms with Gasteiger partial charge in [-0.15, -0.1) is 0 Å². The summed E-state index contributed by atoms with van der Waals surface area (Å²) in [5, 5.41) is 13.9. The summed E-state index contributed by atoms with van der Waals surface area (Å²) in [5.74, 6) is 0.234. The molecule has 3 fully saturated rings. The number of nitrogens with one attached hydrogen (secondary N) is 1. The van der Waals surface area contributed by atoms with Crippen LogP contribution < -0.4 is 5.32 Å². The fourth-order valence-corrected chi connectivity index (χ4v) is 5.15. The van der Waals surface area contributed by atoms with Gasteiger partial charge < -0.3 is 15.3 Å². The number of carbonyl (C=O) groups is 1. The van der Waals surface area contributed by atoms with E-state index in [1.807, 2.05) is 11.8 Å². The number of rotatable bonds is 4. The predicted octanol–water partition coefficient (Wildman–Crippen LogP) is 2.59. The molecule has 24 heavy (non-hydrogen) atoms. The van der Waals surface area contributed by atoms with Crippen LogP contribution in [0.2, 0.25) is 0 Å². The highest BCUT2D eigenvalue weighted by molar-refractivity contribution is 5.74. The molecule has 0 aromatic rings. The van der Waals surface area contributed by atoms with Gasteiger partial charge in [0.2, 0.25) is 0 Å². The van der Waals surface area contributed by atoms with Crippen LogP contribution in [-0.2, 0) is 0 Å². The molecule has 138 valence electrons. The highest BCUT2D eigenvalue weighted by Crippen LogP contribution is 2.40. The van der Waals surface area contributed by atoms with Gasteiger partial charge in [0, 0.05) is 37.6 Å². The van der Waals surface area contributed by atoms with Crippen LogP contribution >= 0.6 is 0 Å². The molecular weight excluding hydrogens is 302 g/mol. The Morgan fingerprint density at radius 1 is 1.17 bits per heavy atom. The molecule has 2 amide bonds. The van der Waals surface area contributed by atoms with Crippen molar-refractivity contribution in [2.24, 2.45) is 5.92 Å². The number of urea groups is 1. The molecule has 4 atom stereocenters. The third kappa shape index (κ3) is 3.88. The Morgan fingerprint density at radius 3 is 2.67 bits per heavy atom. The summed E-state index contributed by atoms with van der Waals surface area (Å²) in [6, 6.07) is 0.940. The summed E-state index contributed by atoms with van der Waals surface area (Å²) in [6.07, 6.45) is 8.86. The van der Waals surface area contributed by atoms with Crippen LogP contribution in [0.15, 0.2) is 0 Å². The van der Waals surface area contributed by atoms with Crippen molar-refractivity contribution in [3.63, 3.8) is 0 Å². The summed E-state index contributed by atoms with van der Waals surface area (Å²) in [6.45, 7) is 7.92. The van der Waals surface area contributed by atoms with E-state index in [1.165, 1.54) is 19.3 Å². The van der Waals surface area contributed by atoms with Crippen molar-refractivity contribution in [1.82, 2.24) is 15.1 Å². The number of hydrogen-bond donors (Lipinski definition) is 2. The van der Waals surface area contributed by atoms with E-state index in [-0.39, 0.29) is 18.0 Å². The first kappa shape index (κ1) is 18.0. The molecule has 0 radical (unpaired) electrons. The first-order chi connectivity index (χ1) is 11.5. The Bertz CT molecular complexity index is 440. The molecule has 2 heterocycles. The molecule has 2 aliphatic heterocycles. The maximum Gasteiger partial charge on any atom is 0.317 e. The Hall–Kier alpha value is -0.810. The molecule has 0 spiro atoms. The summed E-state index contributed by atoms with van der Waals surface area (Å²) in [7, 11) is 0. The van der Waals surface area contributed by atoms with E-state index in [2.05, 4.69) is 17.1 Å². The lowest BCUT2D eigenvalue weighted by molar-refractivity contribution is -0.0563. The number of hydrogen-bond acceptors (Lipinski definition) is 3. The topological polar surface area (TPSA) is 55.8 Å². The largest absolute Gasteiger partial charge is 0.390 e. The van der Waals surface area contributed by atoms with Gasteiger partial charge in [0.25, 0.3) is 0 Å². The zero-order valence-corrected chi connectivity index (χ0v) is 15.5. The third-order valence-electron chi connectivity index (χ3n) is 6.64. The summed E-state index contributed by atoms with van der Waals surface area (Å²) < 4.78 is 0. The van der Waals surface area contributed by atoms with E-state index in [9.17, 15) is 9.90 Å². The Kier molecular flexibility index (Phi) is 5.70. The average Bonchev–Trinajstić information content (AvgIpc) is 3.16. The number of carbonyl (C=O) groups excluding carboxylic acids is 1. The molecular formula is C19H35N3O2. The van der Waals surface area contributed by atoms with E-state index >= 15 is 0 Å². The molecule has 2 saturated heterocycles. The SMILES string of the molecule is CC1CCCN1CCNC(=O)N1CCCC1C1CCCCC1(C)O. The molecule has 5 nitrogen and oxygen atoms in total. The molecule has 0 aromatic heterocycles. The lowest BCUT2D eigenvalue weighted by Crippen LogP contribution is -2.53. The minimum atomic E-state index is -0.614. The number of aliphatic hydroxyl groups is 1. The smallest absolute Gasteiger partial charge is 0.317 e. The van der Waals surface area contributed by atoms with E-state index in [1.54, 1.807) is 0 Å². The van der Waals surface area contributed by atoms with Crippen LogP contribution in [0.3, 0.4) is 0 Å². The molecule has 1 saturated carbocycles. The first-order valence-corrected chi connectivity index (χ1v) is 10.00. The minimum Gasteiger partial charge on any atom is -0.390 e. The van der Waals surface area contributed by atoms with E-state index in [0.717, 1.165) is 58.3 Å². The second kappa shape index (κ2) is 7.61. The number of amides is 2. The molecule has 5 heteroatoms. The summed E-state index contributed by atoms with van der Waals surface area (Å²) in [5.41, 5.74) is -0.614. The molecule has 3 aliphatic rings. The summed E-state index contributed by atoms with van der Waals surface area (Å²) in [4.78, 5) is 17.2. The summed E-state index contributed by atoms with van der Waals surface area (Å²) >= 11 is 0. The van der Waals surface area contributed by atoms with Crippen molar-refractivity contribution in [1.29, 1.82) is 0 Å². The molecule has 0 aromatic carbocycles. The predicted molar refractivity (Wildman–Crippen MR) is 96.0 cm³/mol. The van der Waals surface area contributed by atoms with Crippen LogP contribution in [0.1, 0.15) is 65.2 Å². The van der Waals surface area contributed by atoms with E-state index in [0.29, 0.717) is 6.04 Å². The third-order valence-corrected chi connectivity index (χ3v) is 6.64. The average molecular weight is 338 g/mol. The van der Waals surface area contributed by atoms with Gasteiger partial charge in [-0.3, -0.25) is 4.90 Å². The maximum absolute atomic E-state index is 12.7. The van der Waals surface area contributed by atoms with Crippen LogP contribution in [0.5, 0.6) is 0 Å². The van der Waals surface area contributed by atoms with Crippen LogP contribution in [0.4, 0.5) is 4.79 Å². The van der Waals surface area contributed by atoms with Gasteiger partial charge in [0.1, 0.15) is 0 Å². The van der Waals surface area contributed by atoms with Gasteiger partial charge in [-0.05, 0) is 58.9 Å². The van der Waals surface area contributed by atoms with Crippen molar-refractivity contribution < 1.29 is 9.90 Å². The fourth-order valence-electron chi connectivity index (χ4n) is 5.15. The van der Waals surface area contributed by atoms with Gasteiger partial charge in [-0.25, -0.2) is 4.79 Å². The minimum absolute atomic E-state index is 0.0747. The normalized spacial score (nSPS) is 37.8. The van der Waals surface area contributed by atoms with Gasteiger partial charge >= 0.3 is 6.03 Å². The fraction of sp³-hybridized carbons (Fsp3) is 0.947. The highest BCUT2D eigenvalue weighted by atomic mass is 16.3. The lowest BCUT2D eigenvalue weighted by atomic mass is 9.72. The Balaban J connectivity index is 1.51. The van der Waals surface area contributed by atoms with Crippen molar-refractivity contribution in [3.05, 3.63) is 0 Å². The molecule has 1 aliphatic carbocycles. The van der Waals surface area contributed by atoms with Crippen molar-refractivity contribution >= 4 is 6.03 Å². The standard InChI is InChI=1S/C19H35N3O2/c1-15-7-5-12-21(15)14-11-20-18(23)22-13-6-9-17(22)16-8-3-4-10-19(16,2)24/h15-17,24H,3-14H2,1-2H3,(H,20,23). The van der Waals surface area contributed by atoms with Gasteiger partial charge in [-0.1, -0.05) is 12.8 Å². The van der Waals surface area contributed by atoms with E-state index < -0.39 is 5.60 Å². The van der Waals surface area contributed by atoms with Gasteiger partial charge in [0.15, 0.2) is 0 Å². The van der Waals surface area contributed by atoms with E-state index in [4.69, 9.17) is 0 Å². The second-order valence-electron chi connectivity index (χ2n) is 8.37. The van der Waals surface area contributed by atoms with Crippen LogP contribution in [0.25, 0.3) is 0 Å². The van der Waals surface area contributed by atoms with Crippen molar-refractivity contribution in [2.75, 3.05) is 26.2 Å². The van der Waals surface area contributed by atoms with Crippen LogP contribution in [-0.4, -0.2) is 64.8 Å². The zero-order valence-electron chi connectivity index (χ0n) is 15.5. The molecule has 3 rings (SSSR count). The Labute approximate surface area is 146 Å².